The van der Waals surface area contributed by atoms with Crippen LogP contribution in [0.2, 0.25) is 0 Å². The van der Waals surface area contributed by atoms with Gasteiger partial charge < -0.3 is 23.8 Å². The van der Waals surface area contributed by atoms with Crippen molar-refractivity contribution in [3.8, 4) is 45.5 Å². The number of anilines is 1. The predicted molar refractivity (Wildman–Crippen MR) is 186 cm³/mol. The van der Waals surface area contributed by atoms with E-state index in [9.17, 15) is 4.39 Å². The van der Waals surface area contributed by atoms with Gasteiger partial charge in [-0.15, -0.1) is 0 Å². The molecule has 9 heteroatoms. The van der Waals surface area contributed by atoms with Crippen LogP contribution in [0.15, 0.2) is 97.3 Å². The van der Waals surface area contributed by atoms with Gasteiger partial charge in [0.2, 0.25) is 5.75 Å². The Labute approximate surface area is 281 Å². The van der Waals surface area contributed by atoms with E-state index in [2.05, 4.69) is 39.0 Å². The van der Waals surface area contributed by atoms with Gasteiger partial charge in [0.15, 0.2) is 11.5 Å². The minimum absolute atomic E-state index is 0.258. The second-order valence-corrected chi connectivity index (χ2v) is 11.8. The van der Waals surface area contributed by atoms with E-state index >= 15 is 0 Å². The number of hydrogen-bond acceptors (Lipinski definition) is 8. The lowest BCUT2D eigenvalue weighted by atomic mass is 10.00. The maximum atomic E-state index is 14.4. The summed E-state index contributed by atoms with van der Waals surface area (Å²) in [6.45, 7) is 3.40. The summed E-state index contributed by atoms with van der Waals surface area (Å²) in [6.07, 6.45) is 5.63. The number of likely N-dealkylation sites (tertiary alicyclic amines) is 1. The number of rotatable bonds is 12. The molecular formula is C39H41FN4O4. The van der Waals surface area contributed by atoms with E-state index in [0.717, 1.165) is 66.3 Å². The van der Waals surface area contributed by atoms with Crippen LogP contribution in [0.4, 0.5) is 10.1 Å². The van der Waals surface area contributed by atoms with Crippen LogP contribution in [0.1, 0.15) is 24.0 Å². The zero-order valence-electron chi connectivity index (χ0n) is 27.9. The number of ether oxygens (including phenoxy) is 4. The number of pyridine rings is 2. The van der Waals surface area contributed by atoms with Crippen molar-refractivity contribution in [3.05, 3.63) is 114 Å². The molecule has 8 nitrogen and oxygen atoms in total. The molecular weight excluding hydrogens is 607 g/mol. The molecule has 1 aliphatic heterocycles. The quantitative estimate of drug-likeness (QED) is 0.137. The summed E-state index contributed by atoms with van der Waals surface area (Å²) >= 11 is 0. The van der Waals surface area contributed by atoms with Gasteiger partial charge in [-0.2, -0.15) is 0 Å². The highest BCUT2D eigenvalue weighted by molar-refractivity contribution is 5.69. The van der Waals surface area contributed by atoms with Gasteiger partial charge >= 0.3 is 0 Å². The van der Waals surface area contributed by atoms with Gasteiger partial charge in [-0.3, -0.25) is 14.9 Å². The first kappa shape index (κ1) is 32.8. The van der Waals surface area contributed by atoms with Crippen LogP contribution in [0.5, 0.6) is 23.0 Å². The fourth-order valence-corrected chi connectivity index (χ4v) is 6.40. The topological polar surface area (TPSA) is 69.2 Å². The third-order valence-electron chi connectivity index (χ3n) is 8.92. The second kappa shape index (κ2) is 15.2. The van der Waals surface area contributed by atoms with E-state index < -0.39 is 0 Å². The molecule has 0 unspecified atom stereocenters. The van der Waals surface area contributed by atoms with Crippen LogP contribution < -0.4 is 23.8 Å². The van der Waals surface area contributed by atoms with Crippen molar-refractivity contribution in [2.45, 2.75) is 32.0 Å². The number of halogens is 1. The highest BCUT2D eigenvalue weighted by atomic mass is 19.1. The summed E-state index contributed by atoms with van der Waals surface area (Å²) in [6, 6.07) is 27.5. The third kappa shape index (κ3) is 7.37. The van der Waals surface area contributed by atoms with Crippen molar-refractivity contribution in [1.29, 1.82) is 0 Å². The molecule has 3 heterocycles. The van der Waals surface area contributed by atoms with Crippen LogP contribution in [-0.4, -0.2) is 62.4 Å². The maximum Gasteiger partial charge on any atom is 0.203 e. The first-order chi connectivity index (χ1) is 23.5. The van der Waals surface area contributed by atoms with Crippen molar-refractivity contribution >= 4 is 5.69 Å². The molecule has 0 bridgehead atoms. The molecule has 0 radical (unpaired) electrons. The average Bonchev–Trinajstić information content (AvgIpc) is 3.14. The Hall–Kier alpha value is -5.15. The van der Waals surface area contributed by atoms with E-state index in [1.807, 2.05) is 48.7 Å². The molecule has 248 valence electrons. The van der Waals surface area contributed by atoms with Crippen LogP contribution in [0.25, 0.3) is 22.5 Å². The van der Waals surface area contributed by atoms with Crippen LogP contribution in [0, 0.1) is 5.82 Å². The van der Waals surface area contributed by atoms with Crippen molar-refractivity contribution in [1.82, 2.24) is 14.9 Å². The predicted octanol–water partition coefficient (Wildman–Crippen LogP) is 7.66. The SMILES string of the molecule is COc1ccc(N(Cc2ccnc(-c3cc(OC)c(OC)c(OC)c3)c2)C2CCN(Cc3ccnc(-c4ccccc4F)c3)CC2)cc1. The Bertz CT molecular complexity index is 1800. The lowest BCUT2D eigenvalue weighted by Crippen LogP contribution is -2.44. The fourth-order valence-electron chi connectivity index (χ4n) is 6.40. The summed E-state index contributed by atoms with van der Waals surface area (Å²) in [5.74, 6) is 2.29. The lowest BCUT2D eigenvalue weighted by Gasteiger charge is -2.40. The number of methoxy groups -OCH3 is 4. The largest absolute Gasteiger partial charge is 0.497 e. The number of aromatic nitrogens is 2. The van der Waals surface area contributed by atoms with Gasteiger partial charge in [0.1, 0.15) is 11.6 Å². The van der Waals surface area contributed by atoms with Gasteiger partial charge in [-0.25, -0.2) is 4.39 Å². The standard InChI is InChI=1S/C39H41FN4O4/c1-45-32-11-9-30(10-12-32)44(26-28-14-17-41-35(21-28)29-23-37(46-2)39(48-4)38(24-29)47-3)31-15-19-43(20-16-31)25-27-13-18-42-36(22-27)33-7-5-6-8-34(33)40/h5-14,17-18,21-24,31H,15-16,19-20,25-26H2,1-4H3. The Balaban J connectivity index is 1.20. The number of piperidine rings is 1. The van der Waals surface area contributed by atoms with E-state index in [4.69, 9.17) is 23.9 Å². The van der Waals surface area contributed by atoms with E-state index in [0.29, 0.717) is 41.1 Å². The van der Waals surface area contributed by atoms with Crippen LogP contribution in [-0.2, 0) is 13.1 Å². The van der Waals surface area contributed by atoms with E-state index in [1.54, 1.807) is 46.8 Å². The molecule has 1 fully saturated rings. The molecule has 0 atom stereocenters. The Morgan fingerprint density at radius 3 is 2.02 bits per heavy atom. The van der Waals surface area contributed by atoms with Crippen LogP contribution >= 0.6 is 0 Å². The summed E-state index contributed by atoms with van der Waals surface area (Å²) in [5.41, 5.74) is 6.30. The number of nitrogens with zero attached hydrogens (tertiary/aromatic N) is 4. The molecule has 0 saturated carbocycles. The Kier molecular flexibility index (Phi) is 10.4. The molecule has 48 heavy (non-hydrogen) atoms. The normalized spacial score (nSPS) is 13.6. The highest BCUT2D eigenvalue weighted by Crippen LogP contribution is 2.41. The van der Waals surface area contributed by atoms with Gasteiger partial charge in [0, 0.05) is 61.4 Å². The molecule has 0 aliphatic carbocycles. The molecule has 0 spiro atoms. The van der Waals surface area contributed by atoms with Gasteiger partial charge in [-0.05, 0) is 96.8 Å². The summed E-state index contributed by atoms with van der Waals surface area (Å²) in [5, 5.41) is 0. The summed E-state index contributed by atoms with van der Waals surface area (Å²) in [4.78, 5) is 14.1. The smallest absolute Gasteiger partial charge is 0.203 e. The summed E-state index contributed by atoms with van der Waals surface area (Å²) < 4.78 is 36.6. The average molecular weight is 649 g/mol. The second-order valence-electron chi connectivity index (χ2n) is 11.8. The lowest BCUT2D eigenvalue weighted by molar-refractivity contribution is 0.201. The monoisotopic (exact) mass is 648 g/mol. The zero-order chi connectivity index (χ0) is 33.5. The molecule has 3 aromatic carbocycles. The van der Waals surface area contributed by atoms with Crippen molar-refractivity contribution < 1.29 is 23.3 Å². The van der Waals surface area contributed by atoms with E-state index in [-0.39, 0.29) is 5.82 Å². The minimum Gasteiger partial charge on any atom is -0.497 e. The van der Waals surface area contributed by atoms with E-state index in [1.165, 1.54) is 6.07 Å². The van der Waals surface area contributed by atoms with Gasteiger partial charge in [0.25, 0.3) is 0 Å². The maximum absolute atomic E-state index is 14.4. The summed E-state index contributed by atoms with van der Waals surface area (Å²) in [7, 11) is 6.51. The number of hydrogen-bond donors (Lipinski definition) is 0. The Morgan fingerprint density at radius 2 is 1.38 bits per heavy atom. The Morgan fingerprint density at radius 1 is 0.729 bits per heavy atom. The molecule has 6 rings (SSSR count). The van der Waals surface area contributed by atoms with Gasteiger partial charge in [-0.1, -0.05) is 12.1 Å². The molecule has 2 aromatic heterocycles. The molecule has 0 amide bonds. The molecule has 1 saturated heterocycles. The van der Waals surface area contributed by atoms with Crippen molar-refractivity contribution in [3.63, 3.8) is 0 Å². The highest BCUT2D eigenvalue weighted by Gasteiger charge is 2.26. The minimum atomic E-state index is -0.258. The molecule has 0 N–H and O–H groups in total. The zero-order valence-corrected chi connectivity index (χ0v) is 27.9. The van der Waals surface area contributed by atoms with Crippen molar-refractivity contribution in [2.75, 3.05) is 46.4 Å². The first-order valence-corrected chi connectivity index (χ1v) is 16.1. The van der Waals surface area contributed by atoms with Crippen molar-refractivity contribution in [2.24, 2.45) is 0 Å². The third-order valence-corrected chi connectivity index (χ3v) is 8.92. The first-order valence-electron chi connectivity index (χ1n) is 16.1. The molecule has 1 aliphatic rings. The van der Waals surface area contributed by atoms with Crippen LogP contribution in [0.3, 0.4) is 0 Å². The molecule has 5 aromatic rings. The number of benzene rings is 3. The fraction of sp³-hybridized carbons (Fsp3) is 0.282. The van der Waals surface area contributed by atoms with Gasteiger partial charge in [0.05, 0.1) is 39.8 Å².